The van der Waals surface area contributed by atoms with Gasteiger partial charge in [-0.2, -0.15) is 0 Å². The molecular formula is C28H45FO2. The molecule has 3 heteroatoms. The molecule has 3 rings (SSSR count). The minimum atomic E-state index is -0.131. The van der Waals surface area contributed by atoms with E-state index in [9.17, 15) is 4.39 Å². The van der Waals surface area contributed by atoms with Gasteiger partial charge in [0.1, 0.15) is 5.82 Å². The van der Waals surface area contributed by atoms with Gasteiger partial charge in [0, 0.05) is 12.3 Å². The molecule has 1 heterocycles. The Bertz CT molecular complexity index is 615. The molecule has 2 fully saturated rings. The third-order valence-corrected chi connectivity index (χ3v) is 7.49. The molecule has 31 heavy (non-hydrogen) atoms. The van der Waals surface area contributed by atoms with Gasteiger partial charge < -0.3 is 9.47 Å². The zero-order valence-corrected chi connectivity index (χ0v) is 20.0. The SMILES string of the molecule is CCCCCC1CCC(c2ccc(CCC3OCC(CCCCC)CO3)cc2F)CC1. The lowest BCUT2D eigenvalue weighted by Crippen LogP contribution is -2.32. The van der Waals surface area contributed by atoms with Crippen molar-refractivity contribution in [2.24, 2.45) is 11.8 Å². The number of ether oxygens (including phenoxy) is 2. The highest BCUT2D eigenvalue weighted by Gasteiger charge is 2.25. The molecule has 0 aromatic heterocycles. The van der Waals surface area contributed by atoms with Gasteiger partial charge in [0.15, 0.2) is 6.29 Å². The molecule has 176 valence electrons. The molecule has 1 aliphatic carbocycles. The third-order valence-electron chi connectivity index (χ3n) is 7.49. The van der Waals surface area contributed by atoms with E-state index >= 15 is 0 Å². The number of hydrogen-bond donors (Lipinski definition) is 0. The normalized spacial score (nSPS) is 26.8. The van der Waals surface area contributed by atoms with Gasteiger partial charge in [-0.05, 0) is 67.6 Å². The Balaban J connectivity index is 1.38. The zero-order chi connectivity index (χ0) is 21.9. The average molecular weight is 433 g/mol. The van der Waals surface area contributed by atoms with Crippen LogP contribution in [0.5, 0.6) is 0 Å². The van der Waals surface area contributed by atoms with Gasteiger partial charge in [0.25, 0.3) is 0 Å². The van der Waals surface area contributed by atoms with Gasteiger partial charge in [-0.3, -0.25) is 0 Å². The van der Waals surface area contributed by atoms with Gasteiger partial charge in [0.05, 0.1) is 13.2 Å². The fourth-order valence-electron chi connectivity index (χ4n) is 5.39. The molecule has 1 saturated carbocycles. The van der Waals surface area contributed by atoms with Crippen LogP contribution in [0.25, 0.3) is 0 Å². The van der Waals surface area contributed by atoms with Crippen molar-refractivity contribution < 1.29 is 13.9 Å². The van der Waals surface area contributed by atoms with Crippen molar-refractivity contribution in [1.82, 2.24) is 0 Å². The molecular weight excluding hydrogens is 387 g/mol. The van der Waals surface area contributed by atoms with Gasteiger partial charge in [-0.15, -0.1) is 0 Å². The second-order valence-electron chi connectivity index (χ2n) is 10.1. The van der Waals surface area contributed by atoms with Crippen LogP contribution in [0.15, 0.2) is 18.2 Å². The summed E-state index contributed by atoms with van der Waals surface area (Å²) in [6, 6.07) is 5.94. The monoisotopic (exact) mass is 432 g/mol. The summed E-state index contributed by atoms with van der Waals surface area (Å²) in [5.41, 5.74) is 2.00. The molecule has 0 N–H and O–H groups in total. The maximum Gasteiger partial charge on any atom is 0.157 e. The van der Waals surface area contributed by atoms with Crippen LogP contribution in [0.4, 0.5) is 4.39 Å². The summed E-state index contributed by atoms with van der Waals surface area (Å²) in [4.78, 5) is 0. The molecule has 1 aromatic rings. The molecule has 0 atom stereocenters. The number of rotatable bonds is 12. The molecule has 2 nitrogen and oxygen atoms in total. The summed E-state index contributed by atoms with van der Waals surface area (Å²) >= 11 is 0. The van der Waals surface area contributed by atoms with E-state index in [4.69, 9.17) is 9.47 Å². The van der Waals surface area contributed by atoms with Crippen molar-refractivity contribution in [2.45, 2.75) is 116 Å². The van der Waals surface area contributed by atoms with E-state index in [0.29, 0.717) is 11.8 Å². The summed E-state index contributed by atoms with van der Waals surface area (Å²) in [7, 11) is 0. The highest BCUT2D eigenvalue weighted by atomic mass is 19.1. The van der Waals surface area contributed by atoms with Crippen LogP contribution >= 0.6 is 0 Å². The van der Waals surface area contributed by atoms with Gasteiger partial charge >= 0.3 is 0 Å². The van der Waals surface area contributed by atoms with Crippen LogP contribution in [0.2, 0.25) is 0 Å². The third kappa shape index (κ3) is 8.17. The topological polar surface area (TPSA) is 18.5 Å². The maximum absolute atomic E-state index is 14.9. The Kier molecular flexibility index (Phi) is 10.8. The molecule has 1 saturated heterocycles. The maximum atomic E-state index is 14.9. The van der Waals surface area contributed by atoms with E-state index in [-0.39, 0.29) is 12.1 Å². The van der Waals surface area contributed by atoms with Crippen LogP contribution in [0.1, 0.15) is 114 Å². The van der Waals surface area contributed by atoms with E-state index in [1.54, 1.807) is 6.07 Å². The number of aryl methyl sites for hydroxylation is 1. The van der Waals surface area contributed by atoms with E-state index < -0.39 is 0 Å². The van der Waals surface area contributed by atoms with Crippen molar-refractivity contribution in [2.75, 3.05) is 13.2 Å². The first-order valence-corrected chi connectivity index (χ1v) is 13.2. The van der Waals surface area contributed by atoms with Crippen molar-refractivity contribution in [1.29, 1.82) is 0 Å². The molecule has 2 aliphatic rings. The van der Waals surface area contributed by atoms with E-state index in [1.807, 2.05) is 0 Å². The molecule has 0 bridgehead atoms. The van der Waals surface area contributed by atoms with Crippen molar-refractivity contribution >= 4 is 0 Å². The number of halogens is 1. The van der Waals surface area contributed by atoms with Gasteiger partial charge in [-0.25, -0.2) is 4.39 Å². The standard InChI is InChI=1S/C28H45FO2/c1-3-5-7-9-22-11-15-25(16-12-22)26-17-13-23(19-27(26)29)14-18-28-30-20-24(21-31-28)10-8-6-4-2/h13,17,19,22,24-25,28H,3-12,14-16,18,20-21H2,1-2H3. The summed E-state index contributed by atoms with van der Waals surface area (Å²) < 4.78 is 26.7. The van der Waals surface area contributed by atoms with Crippen molar-refractivity contribution in [3.05, 3.63) is 35.1 Å². The summed E-state index contributed by atoms with van der Waals surface area (Å²) in [5, 5.41) is 0. The van der Waals surface area contributed by atoms with Gasteiger partial charge in [-0.1, -0.05) is 70.9 Å². The van der Waals surface area contributed by atoms with E-state index in [1.165, 1.54) is 64.2 Å². The predicted octanol–water partition coefficient (Wildman–Crippen LogP) is 8.18. The Hall–Kier alpha value is -0.930. The van der Waals surface area contributed by atoms with E-state index in [0.717, 1.165) is 55.9 Å². The minimum absolute atomic E-state index is 0.00611. The lowest BCUT2D eigenvalue weighted by molar-refractivity contribution is -0.203. The van der Waals surface area contributed by atoms with Crippen LogP contribution in [-0.2, 0) is 15.9 Å². The Labute approximate surface area is 190 Å². The largest absolute Gasteiger partial charge is 0.352 e. The smallest absolute Gasteiger partial charge is 0.157 e. The lowest BCUT2D eigenvalue weighted by Gasteiger charge is -2.30. The molecule has 1 aromatic carbocycles. The Morgan fingerprint density at radius 3 is 2.06 bits per heavy atom. The first-order valence-electron chi connectivity index (χ1n) is 13.2. The lowest BCUT2D eigenvalue weighted by atomic mass is 9.76. The number of benzene rings is 1. The van der Waals surface area contributed by atoms with Crippen LogP contribution in [-0.4, -0.2) is 19.5 Å². The van der Waals surface area contributed by atoms with Crippen LogP contribution in [0.3, 0.4) is 0 Å². The van der Waals surface area contributed by atoms with Crippen LogP contribution < -0.4 is 0 Å². The van der Waals surface area contributed by atoms with Crippen LogP contribution in [0, 0.1) is 17.7 Å². The average Bonchev–Trinajstić information content (AvgIpc) is 2.80. The fourth-order valence-corrected chi connectivity index (χ4v) is 5.39. The first-order chi connectivity index (χ1) is 15.2. The highest BCUT2D eigenvalue weighted by Crippen LogP contribution is 2.38. The number of hydrogen-bond acceptors (Lipinski definition) is 2. The Morgan fingerprint density at radius 2 is 1.45 bits per heavy atom. The summed E-state index contributed by atoms with van der Waals surface area (Å²) in [5.74, 6) is 1.81. The van der Waals surface area contributed by atoms with Crippen molar-refractivity contribution in [3.8, 4) is 0 Å². The fraction of sp³-hybridized carbons (Fsp3) is 0.786. The quantitative estimate of drug-likeness (QED) is 0.310. The molecule has 0 radical (unpaired) electrons. The highest BCUT2D eigenvalue weighted by molar-refractivity contribution is 5.28. The first kappa shape index (κ1) is 24.7. The Morgan fingerprint density at radius 1 is 0.806 bits per heavy atom. The summed E-state index contributed by atoms with van der Waals surface area (Å²) in [6.45, 7) is 6.12. The second kappa shape index (κ2) is 13.6. The molecule has 1 aliphatic heterocycles. The zero-order valence-electron chi connectivity index (χ0n) is 20.0. The van der Waals surface area contributed by atoms with Gasteiger partial charge in [0.2, 0.25) is 0 Å². The van der Waals surface area contributed by atoms with Crippen molar-refractivity contribution in [3.63, 3.8) is 0 Å². The second-order valence-corrected chi connectivity index (χ2v) is 10.1. The molecule has 0 amide bonds. The van der Waals surface area contributed by atoms with E-state index in [2.05, 4.69) is 26.0 Å². The summed E-state index contributed by atoms with van der Waals surface area (Å²) in [6.07, 6.45) is 16.7. The number of unbranched alkanes of at least 4 members (excludes halogenated alkanes) is 4. The molecule has 0 spiro atoms. The predicted molar refractivity (Wildman–Crippen MR) is 127 cm³/mol. The minimum Gasteiger partial charge on any atom is -0.352 e. The molecule has 0 unspecified atom stereocenters.